The van der Waals surface area contributed by atoms with Crippen molar-refractivity contribution in [3.8, 4) is 5.75 Å². The molecule has 0 saturated carbocycles. The van der Waals surface area contributed by atoms with Crippen LogP contribution in [0.4, 0.5) is 0 Å². The third kappa shape index (κ3) is 3.95. The Kier molecular flexibility index (Phi) is 5.86. The van der Waals surface area contributed by atoms with Crippen molar-refractivity contribution >= 4 is 35.1 Å². The Hall–Kier alpha value is -1.77. The number of Topliss-reactive ketones (excluding diaryl/α,β-unsaturated/α-hetero) is 1. The zero-order valence-corrected chi connectivity index (χ0v) is 14.8. The standard InChI is InChI=1S/C19H18Cl2O2/c1-12(2)15(11-13-7-5-4-6-8-13)19(22)14-9-10-16(23-3)18(21)17(14)20/h4-12H,1-3H3/b15-11+. The van der Waals surface area contributed by atoms with E-state index < -0.39 is 0 Å². The molecule has 2 nitrogen and oxygen atoms in total. The maximum Gasteiger partial charge on any atom is 0.190 e. The molecule has 0 saturated heterocycles. The van der Waals surface area contributed by atoms with Gasteiger partial charge in [-0.3, -0.25) is 4.79 Å². The average Bonchev–Trinajstić information content (AvgIpc) is 2.55. The van der Waals surface area contributed by atoms with Crippen molar-refractivity contribution in [2.24, 2.45) is 5.92 Å². The smallest absolute Gasteiger partial charge is 0.190 e. The fourth-order valence-corrected chi connectivity index (χ4v) is 2.73. The summed E-state index contributed by atoms with van der Waals surface area (Å²) in [7, 11) is 1.51. The van der Waals surface area contributed by atoms with Crippen molar-refractivity contribution < 1.29 is 9.53 Å². The molecule has 0 unspecified atom stereocenters. The third-order valence-electron chi connectivity index (χ3n) is 3.52. The number of rotatable bonds is 5. The van der Waals surface area contributed by atoms with E-state index in [2.05, 4.69) is 0 Å². The number of hydrogen-bond acceptors (Lipinski definition) is 2. The van der Waals surface area contributed by atoms with Gasteiger partial charge in [-0.15, -0.1) is 0 Å². The zero-order chi connectivity index (χ0) is 17.0. The summed E-state index contributed by atoms with van der Waals surface area (Å²) in [5.41, 5.74) is 2.04. The quantitative estimate of drug-likeness (QED) is 0.494. The molecule has 0 fully saturated rings. The summed E-state index contributed by atoms with van der Waals surface area (Å²) in [6.45, 7) is 3.96. The van der Waals surface area contributed by atoms with Gasteiger partial charge in [-0.05, 0) is 29.7 Å². The molecule has 2 aromatic carbocycles. The number of methoxy groups -OCH3 is 1. The summed E-state index contributed by atoms with van der Waals surface area (Å²) in [6.07, 6.45) is 1.89. The number of allylic oxidation sites excluding steroid dienone is 1. The van der Waals surface area contributed by atoms with Gasteiger partial charge >= 0.3 is 0 Å². The Labute approximate surface area is 146 Å². The second-order valence-corrected chi connectivity index (χ2v) is 6.19. The van der Waals surface area contributed by atoms with Crippen molar-refractivity contribution in [2.45, 2.75) is 13.8 Å². The van der Waals surface area contributed by atoms with E-state index in [-0.39, 0.29) is 21.7 Å². The first kappa shape index (κ1) is 17.6. The zero-order valence-electron chi connectivity index (χ0n) is 13.3. The van der Waals surface area contributed by atoms with Crippen LogP contribution in [0.25, 0.3) is 6.08 Å². The van der Waals surface area contributed by atoms with Crippen molar-refractivity contribution in [3.63, 3.8) is 0 Å². The van der Waals surface area contributed by atoms with Crippen molar-refractivity contribution in [1.82, 2.24) is 0 Å². The highest BCUT2D eigenvalue weighted by Gasteiger charge is 2.21. The largest absolute Gasteiger partial charge is 0.495 e. The van der Waals surface area contributed by atoms with E-state index in [0.717, 1.165) is 5.56 Å². The van der Waals surface area contributed by atoms with Crippen LogP contribution in [0.2, 0.25) is 10.0 Å². The van der Waals surface area contributed by atoms with Crippen LogP contribution in [0.15, 0.2) is 48.0 Å². The predicted octanol–water partition coefficient (Wildman–Crippen LogP) is 5.92. The number of carbonyl (C=O) groups excluding carboxylic acids is 1. The minimum Gasteiger partial charge on any atom is -0.495 e. The van der Waals surface area contributed by atoms with E-state index in [1.54, 1.807) is 12.1 Å². The number of carbonyl (C=O) groups is 1. The molecule has 0 aliphatic rings. The molecule has 0 spiro atoms. The molecule has 2 aromatic rings. The second kappa shape index (κ2) is 7.67. The van der Waals surface area contributed by atoms with Gasteiger partial charge in [0.2, 0.25) is 0 Å². The van der Waals surface area contributed by atoms with Crippen LogP contribution in [0.3, 0.4) is 0 Å². The van der Waals surface area contributed by atoms with Crippen LogP contribution in [-0.2, 0) is 0 Å². The molecule has 0 N–H and O–H groups in total. The highest BCUT2D eigenvalue weighted by molar-refractivity contribution is 6.45. The molecule has 23 heavy (non-hydrogen) atoms. The molecule has 0 aliphatic heterocycles. The summed E-state index contributed by atoms with van der Waals surface area (Å²) in [4.78, 5) is 12.9. The molecule has 0 amide bonds. The molecule has 0 radical (unpaired) electrons. The maximum atomic E-state index is 12.9. The highest BCUT2D eigenvalue weighted by atomic mass is 35.5. The topological polar surface area (TPSA) is 26.3 Å². The molecular weight excluding hydrogens is 331 g/mol. The van der Waals surface area contributed by atoms with E-state index in [1.807, 2.05) is 50.3 Å². The Morgan fingerprint density at radius 3 is 2.26 bits per heavy atom. The van der Waals surface area contributed by atoms with E-state index in [9.17, 15) is 4.79 Å². The number of hydrogen-bond donors (Lipinski definition) is 0. The molecular formula is C19H18Cl2O2. The number of ether oxygens (including phenoxy) is 1. The average molecular weight is 349 g/mol. The van der Waals surface area contributed by atoms with E-state index in [0.29, 0.717) is 16.9 Å². The first-order valence-electron chi connectivity index (χ1n) is 7.29. The first-order valence-corrected chi connectivity index (χ1v) is 8.04. The van der Waals surface area contributed by atoms with Gasteiger partial charge in [0, 0.05) is 11.1 Å². The Balaban J connectivity index is 2.48. The summed E-state index contributed by atoms with van der Waals surface area (Å²) in [5, 5.41) is 0.471. The van der Waals surface area contributed by atoms with Crippen molar-refractivity contribution in [3.05, 3.63) is 69.2 Å². The van der Waals surface area contributed by atoms with Gasteiger partial charge in [-0.2, -0.15) is 0 Å². The van der Waals surface area contributed by atoms with Gasteiger partial charge in [0.15, 0.2) is 5.78 Å². The van der Waals surface area contributed by atoms with Gasteiger partial charge in [-0.25, -0.2) is 0 Å². The summed E-state index contributed by atoms with van der Waals surface area (Å²) < 4.78 is 5.12. The van der Waals surface area contributed by atoms with E-state index in [4.69, 9.17) is 27.9 Å². The molecule has 4 heteroatoms. The van der Waals surface area contributed by atoms with Crippen LogP contribution in [0.1, 0.15) is 29.8 Å². The minimum atomic E-state index is -0.126. The summed E-state index contributed by atoms with van der Waals surface area (Å²) in [5.74, 6) is 0.379. The maximum absolute atomic E-state index is 12.9. The lowest BCUT2D eigenvalue weighted by Crippen LogP contribution is -2.10. The van der Waals surface area contributed by atoms with Gasteiger partial charge in [0.1, 0.15) is 10.8 Å². The van der Waals surface area contributed by atoms with E-state index >= 15 is 0 Å². The van der Waals surface area contributed by atoms with Crippen LogP contribution in [0, 0.1) is 5.92 Å². The lowest BCUT2D eigenvalue weighted by atomic mass is 9.92. The number of benzene rings is 2. The normalized spacial score (nSPS) is 11.7. The first-order chi connectivity index (χ1) is 11.0. The highest BCUT2D eigenvalue weighted by Crippen LogP contribution is 2.36. The molecule has 0 atom stereocenters. The van der Waals surface area contributed by atoms with Crippen LogP contribution >= 0.6 is 23.2 Å². The Bertz CT molecular complexity index is 735. The monoisotopic (exact) mass is 348 g/mol. The fraction of sp³-hybridized carbons (Fsp3) is 0.211. The number of ketones is 1. The third-order valence-corrected chi connectivity index (χ3v) is 4.38. The summed E-state index contributed by atoms with van der Waals surface area (Å²) >= 11 is 12.4. The fourth-order valence-electron chi connectivity index (χ4n) is 2.24. The Morgan fingerprint density at radius 1 is 1.04 bits per heavy atom. The van der Waals surface area contributed by atoms with Crippen molar-refractivity contribution in [1.29, 1.82) is 0 Å². The van der Waals surface area contributed by atoms with Gasteiger partial charge < -0.3 is 4.74 Å². The van der Waals surface area contributed by atoms with Crippen LogP contribution in [-0.4, -0.2) is 12.9 Å². The minimum absolute atomic E-state index is 0.0552. The van der Waals surface area contributed by atoms with E-state index in [1.165, 1.54) is 7.11 Å². The Morgan fingerprint density at radius 2 is 1.70 bits per heavy atom. The SMILES string of the molecule is COc1ccc(C(=O)/C(=C/c2ccccc2)C(C)C)c(Cl)c1Cl. The lowest BCUT2D eigenvalue weighted by molar-refractivity contribution is 0.102. The molecule has 0 aromatic heterocycles. The van der Waals surface area contributed by atoms with Gasteiger partial charge in [0.25, 0.3) is 0 Å². The van der Waals surface area contributed by atoms with Gasteiger partial charge in [0.05, 0.1) is 12.1 Å². The molecule has 120 valence electrons. The molecule has 2 rings (SSSR count). The molecule has 0 bridgehead atoms. The van der Waals surface area contributed by atoms with Crippen LogP contribution in [0.5, 0.6) is 5.75 Å². The van der Waals surface area contributed by atoms with Crippen molar-refractivity contribution in [2.75, 3.05) is 7.11 Å². The predicted molar refractivity (Wildman–Crippen MR) is 96.6 cm³/mol. The van der Waals surface area contributed by atoms with Gasteiger partial charge in [-0.1, -0.05) is 67.4 Å². The number of halogens is 2. The lowest BCUT2D eigenvalue weighted by Gasteiger charge is -2.14. The molecule has 0 aliphatic carbocycles. The van der Waals surface area contributed by atoms with Crippen LogP contribution < -0.4 is 4.74 Å². The molecule has 0 heterocycles. The second-order valence-electron chi connectivity index (χ2n) is 5.44. The summed E-state index contributed by atoms with van der Waals surface area (Å²) in [6, 6.07) is 13.0.